The number of amides is 3. The zero-order chi connectivity index (χ0) is 31.7. The standard InChI is InChI=1S/C24H39N9O9/c1-7-16(4)28-40-19(34)25-10-13-31-22(37)32(14-11-26-20(35)41-29-17(5)8-2)24(39)33(23(31)38)15-12-27-21(36)42-30-18(6)9-3/h7-15H2,1-6H3,(H,25,34)(H,26,35)(H,27,36). The summed E-state index contributed by atoms with van der Waals surface area (Å²) in [4.78, 5) is 88.8. The second-order valence-corrected chi connectivity index (χ2v) is 8.76. The van der Waals surface area contributed by atoms with Crippen LogP contribution in [0.3, 0.4) is 0 Å². The Balaban J connectivity index is 3.12. The van der Waals surface area contributed by atoms with E-state index in [9.17, 15) is 28.8 Å². The number of oxime groups is 3. The quantitative estimate of drug-likeness (QED) is 0.147. The van der Waals surface area contributed by atoms with Gasteiger partial charge in [0.25, 0.3) is 0 Å². The second kappa shape index (κ2) is 18.6. The third-order valence-electron chi connectivity index (χ3n) is 5.59. The SMILES string of the molecule is CCC(C)=NOC(=O)NCCn1c(=O)n(CCNC(=O)ON=C(C)CC)c(=O)n(CCNC(=O)ON=C(C)CC)c1=O. The molecule has 1 aromatic rings. The molecule has 0 aliphatic carbocycles. The van der Waals surface area contributed by atoms with E-state index >= 15 is 0 Å². The summed E-state index contributed by atoms with van der Waals surface area (Å²) in [6, 6.07) is 0. The fourth-order valence-electron chi connectivity index (χ4n) is 2.71. The lowest BCUT2D eigenvalue weighted by Gasteiger charge is -2.14. The summed E-state index contributed by atoms with van der Waals surface area (Å²) in [5.74, 6) is 0. The van der Waals surface area contributed by atoms with Crippen LogP contribution in [0.4, 0.5) is 14.4 Å². The van der Waals surface area contributed by atoms with Crippen LogP contribution in [0, 0.1) is 0 Å². The van der Waals surface area contributed by atoms with Gasteiger partial charge in [0.2, 0.25) is 0 Å². The first-order valence-corrected chi connectivity index (χ1v) is 13.3. The number of carbonyl (C=O) groups is 3. The molecule has 0 radical (unpaired) electrons. The normalized spacial score (nSPS) is 12.0. The molecule has 0 unspecified atom stereocenters. The zero-order valence-corrected chi connectivity index (χ0v) is 24.7. The van der Waals surface area contributed by atoms with Crippen LogP contribution in [0.15, 0.2) is 29.9 Å². The van der Waals surface area contributed by atoms with Crippen LogP contribution in [0.25, 0.3) is 0 Å². The van der Waals surface area contributed by atoms with Crippen molar-refractivity contribution in [3.05, 3.63) is 31.5 Å². The molecule has 3 amide bonds. The number of carbonyl (C=O) groups excluding carboxylic acids is 3. The molecule has 0 saturated heterocycles. The third-order valence-corrected chi connectivity index (χ3v) is 5.59. The molecule has 0 saturated carbocycles. The van der Waals surface area contributed by atoms with Gasteiger partial charge in [-0.05, 0) is 40.0 Å². The Labute approximate surface area is 241 Å². The average molecular weight is 598 g/mol. The summed E-state index contributed by atoms with van der Waals surface area (Å²) in [6.45, 7) is 8.84. The van der Waals surface area contributed by atoms with Gasteiger partial charge in [-0.2, -0.15) is 0 Å². The first kappa shape index (κ1) is 35.3. The Hall–Kier alpha value is -4.77. The van der Waals surface area contributed by atoms with Gasteiger partial charge in [-0.1, -0.05) is 36.2 Å². The summed E-state index contributed by atoms with van der Waals surface area (Å²) >= 11 is 0. The number of aromatic nitrogens is 3. The Kier molecular flexibility index (Phi) is 15.6. The van der Waals surface area contributed by atoms with Crippen LogP contribution in [-0.4, -0.2) is 68.8 Å². The van der Waals surface area contributed by atoms with E-state index in [1.54, 1.807) is 20.8 Å². The first-order valence-electron chi connectivity index (χ1n) is 13.3. The van der Waals surface area contributed by atoms with Gasteiger partial charge < -0.3 is 16.0 Å². The Morgan fingerprint density at radius 1 is 0.548 bits per heavy atom. The van der Waals surface area contributed by atoms with Crippen LogP contribution in [0.5, 0.6) is 0 Å². The van der Waals surface area contributed by atoms with E-state index in [1.165, 1.54) is 0 Å². The molecule has 18 nitrogen and oxygen atoms in total. The van der Waals surface area contributed by atoms with E-state index in [4.69, 9.17) is 0 Å². The van der Waals surface area contributed by atoms with Crippen molar-refractivity contribution < 1.29 is 28.9 Å². The van der Waals surface area contributed by atoms with Crippen molar-refractivity contribution >= 4 is 35.4 Å². The van der Waals surface area contributed by atoms with Gasteiger partial charge in [-0.25, -0.2) is 42.5 Å². The molecule has 0 aromatic carbocycles. The van der Waals surface area contributed by atoms with Gasteiger partial charge in [0, 0.05) is 39.3 Å². The monoisotopic (exact) mass is 597 g/mol. The summed E-state index contributed by atoms with van der Waals surface area (Å²) in [7, 11) is 0. The van der Waals surface area contributed by atoms with E-state index in [0.29, 0.717) is 36.4 Å². The minimum Gasteiger partial charge on any atom is -0.318 e. The summed E-state index contributed by atoms with van der Waals surface area (Å²) in [5.41, 5.74) is -1.23. The molecule has 0 aliphatic rings. The van der Waals surface area contributed by atoms with Gasteiger partial charge in [0.15, 0.2) is 0 Å². The first-order chi connectivity index (χ1) is 19.9. The van der Waals surface area contributed by atoms with Crippen LogP contribution in [0.2, 0.25) is 0 Å². The zero-order valence-electron chi connectivity index (χ0n) is 24.7. The topological polar surface area (TPSA) is 218 Å². The minimum atomic E-state index is -0.983. The summed E-state index contributed by atoms with van der Waals surface area (Å²) in [5, 5.41) is 17.9. The maximum Gasteiger partial charge on any atom is 0.433 e. The molecule has 1 heterocycles. The molecular weight excluding hydrogens is 558 g/mol. The summed E-state index contributed by atoms with van der Waals surface area (Å²) in [6.07, 6.45) is -1.01. The Morgan fingerprint density at radius 3 is 1.00 bits per heavy atom. The molecule has 0 fully saturated rings. The van der Waals surface area contributed by atoms with Crippen molar-refractivity contribution in [1.82, 2.24) is 29.7 Å². The highest BCUT2D eigenvalue weighted by Crippen LogP contribution is 1.89. The molecule has 0 spiro atoms. The molecule has 234 valence electrons. The van der Waals surface area contributed by atoms with Gasteiger partial charge >= 0.3 is 35.3 Å². The predicted molar refractivity (Wildman–Crippen MR) is 153 cm³/mol. The number of nitrogens with one attached hydrogen (secondary N) is 3. The highest BCUT2D eigenvalue weighted by molar-refractivity contribution is 5.82. The maximum absolute atomic E-state index is 13.1. The lowest BCUT2D eigenvalue weighted by molar-refractivity contribution is 0.149. The molecule has 1 aromatic heterocycles. The predicted octanol–water partition coefficient (Wildman–Crippen LogP) is 0.708. The van der Waals surface area contributed by atoms with Gasteiger partial charge in [0.05, 0.1) is 17.1 Å². The van der Waals surface area contributed by atoms with Crippen LogP contribution in [-0.2, 0) is 34.1 Å². The lowest BCUT2D eigenvalue weighted by atomic mass is 10.3. The van der Waals surface area contributed by atoms with E-state index in [1.807, 2.05) is 20.8 Å². The second-order valence-electron chi connectivity index (χ2n) is 8.76. The average Bonchev–Trinajstić information content (AvgIpc) is 2.98. The maximum atomic E-state index is 13.1. The molecule has 0 aliphatic heterocycles. The van der Waals surface area contributed by atoms with Crippen LogP contribution < -0.4 is 33.0 Å². The molecule has 0 atom stereocenters. The van der Waals surface area contributed by atoms with Crippen molar-refractivity contribution in [2.45, 2.75) is 80.4 Å². The fourth-order valence-corrected chi connectivity index (χ4v) is 2.71. The largest absolute Gasteiger partial charge is 0.433 e. The number of rotatable bonds is 15. The Morgan fingerprint density at radius 2 is 0.786 bits per heavy atom. The van der Waals surface area contributed by atoms with Gasteiger partial charge in [-0.3, -0.25) is 14.5 Å². The molecule has 42 heavy (non-hydrogen) atoms. The van der Waals surface area contributed by atoms with E-state index < -0.39 is 35.3 Å². The van der Waals surface area contributed by atoms with Crippen molar-refractivity contribution in [3.8, 4) is 0 Å². The number of hydrogen-bond acceptors (Lipinski definition) is 12. The van der Waals surface area contributed by atoms with E-state index in [-0.39, 0.29) is 39.3 Å². The number of nitrogens with zero attached hydrogens (tertiary/aromatic N) is 6. The van der Waals surface area contributed by atoms with Crippen molar-refractivity contribution in [2.24, 2.45) is 15.5 Å². The smallest absolute Gasteiger partial charge is 0.318 e. The van der Waals surface area contributed by atoms with Crippen molar-refractivity contribution in [1.29, 1.82) is 0 Å². The fraction of sp³-hybridized carbons (Fsp3) is 0.625. The van der Waals surface area contributed by atoms with Gasteiger partial charge in [-0.15, -0.1) is 0 Å². The minimum absolute atomic E-state index is 0.217. The van der Waals surface area contributed by atoms with Gasteiger partial charge in [0.1, 0.15) is 0 Å². The van der Waals surface area contributed by atoms with Crippen LogP contribution >= 0.6 is 0 Å². The lowest BCUT2D eigenvalue weighted by Crippen LogP contribution is -2.56. The molecular formula is C24H39N9O9. The highest BCUT2D eigenvalue weighted by Gasteiger charge is 2.17. The third kappa shape index (κ3) is 12.2. The highest BCUT2D eigenvalue weighted by atomic mass is 16.7. The van der Waals surface area contributed by atoms with E-state index in [2.05, 4.69) is 45.9 Å². The van der Waals surface area contributed by atoms with Crippen LogP contribution in [0.1, 0.15) is 60.8 Å². The van der Waals surface area contributed by atoms with Crippen molar-refractivity contribution in [3.63, 3.8) is 0 Å². The molecule has 1 rings (SSSR count). The van der Waals surface area contributed by atoms with E-state index in [0.717, 1.165) is 13.7 Å². The summed E-state index contributed by atoms with van der Waals surface area (Å²) < 4.78 is 2.17. The number of hydrogen-bond donors (Lipinski definition) is 3. The molecule has 18 heteroatoms. The molecule has 0 bridgehead atoms. The van der Waals surface area contributed by atoms with Crippen molar-refractivity contribution in [2.75, 3.05) is 19.6 Å². The Bertz CT molecular complexity index is 1160. The molecule has 3 N–H and O–H groups in total.